The summed E-state index contributed by atoms with van der Waals surface area (Å²) in [6, 6.07) is 4.03. The van der Waals surface area contributed by atoms with Crippen molar-refractivity contribution in [2.45, 2.75) is 25.4 Å². The van der Waals surface area contributed by atoms with Crippen LogP contribution in [0.2, 0.25) is 0 Å². The number of fused-ring (bicyclic) bond motifs is 2. The summed E-state index contributed by atoms with van der Waals surface area (Å²) in [5.74, 6) is -4.26. The third kappa shape index (κ3) is 4.86. The number of imidazole rings is 1. The summed E-state index contributed by atoms with van der Waals surface area (Å²) < 4.78 is 35.1. The number of rotatable bonds is 9. The molecule has 14 nitrogen and oxygen atoms in total. The number of nitrogens with zero attached hydrogens (tertiary/aromatic N) is 8. The van der Waals surface area contributed by atoms with Crippen LogP contribution in [-0.2, 0) is 27.9 Å². The van der Waals surface area contributed by atoms with Crippen LogP contribution >= 0.6 is 0 Å². The van der Waals surface area contributed by atoms with E-state index in [0.717, 1.165) is 9.13 Å². The van der Waals surface area contributed by atoms with E-state index in [9.17, 15) is 28.0 Å². The largest absolute Gasteiger partial charge is 0.377 e. The van der Waals surface area contributed by atoms with Crippen molar-refractivity contribution in [2.75, 3.05) is 37.0 Å². The van der Waals surface area contributed by atoms with E-state index in [1.807, 2.05) is 0 Å². The monoisotopic (exact) mass is 595 g/mol. The Morgan fingerprint density at radius 3 is 2.51 bits per heavy atom. The summed E-state index contributed by atoms with van der Waals surface area (Å²) >= 11 is 0. The fraction of sp³-hybridized carbons (Fsp3) is 0.407. The Balaban J connectivity index is 1.19. The Bertz CT molecular complexity index is 1850. The summed E-state index contributed by atoms with van der Waals surface area (Å²) in [5, 5.41) is 2.72. The first-order valence-electron chi connectivity index (χ1n) is 13.4. The van der Waals surface area contributed by atoms with Gasteiger partial charge < -0.3 is 19.5 Å². The number of ether oxygens (including phenoxy) is 1. The fourth-order valence-electron chi connectivity index (χ4n) is 5.42. The Hall–Kier alpha value is -4.86. The molecule has 0 spiro atoms. The van der Waals surface area contributed by atoms with Crippen molar-refractivity contribution >= 4 is 34.6 Å². The molecule has 4 aromatic rings. The van der Waals surface area contributed by atoms with E-state index in [-0.39, 0.29) is 36.7 Å². The minimum absolute atomic E-state index is 0.0204. The number of amides is 1. The molecule has 43 heavy (non-hydrogen) atoms. The average molecular weight is 596 g/mol. The molecule has 1 amide bonds. The van der Waals surface area contributed by atoms with Crippen LogP contribution < -0.4 is 21.5 Å². The van der Waals surface area contributed by atoms with Gasteiger partial charge in [0.15, 0.2) is 16.9 Å². The van der Waals surface area contributed by atoms with Crippen molar-refractivity contribution in [3.63, 3.8) is 0 Å². The number of nitrogens with one attached hydrogen (secondary N) is 1. The Morgan fingerprint density at radius 2 is 1.84 bits per heavy atom. The lowest BCUT2D eigenvalue weighted by Crippen LogP contribution is -2.42. The standard InChI is InChI=1S/C27H27F2N9O5/c1-14(38-13-32-22-21(38)24(41)37(26(42)35(22)2)9-16(39)12-43-3)23(40)34-20-6-4-5-19(33-20)15-7-30-25(31-8-15)36-10-17-18(11-36)27(17,28)29/h4-8,13-14,17-18H,9-12H2,1-3H3,(H,33,34,40). The zero-order valence-corrected chi connectivity index (χ0v) is 23.4. The molecule has 3 unspecified atom stereocenters. The second kappa shape index (κ2) is 10.4. The fourth-order valence-corrected chi connectivity index (χ4v) is 5.42. The summed E-state index contributed by atoms with van der Waals surface area (Å²) in [4.78, 5) is 70.4. The molecule has 1 aliphatic carbocycles. The van der Waals surface area contributed by atoms with Gasteiger partial charge in [0.05, 0.1) is 30.4 Å². The predicted molar refractivity (Wildman–Crippen MR) is 149 cm³/mol. The number of pyridine rings is 1. The first-order chi connectivity index (χ1) is 20.5. The van der Waals surface area contributed by atoms with E-state index in [2.05, 4.69) is 25.3 Å². The summed E-state index contributed by atoms with van der Waals surface area (Å²) in [5.41, 5.74) is -0.405. The molecule has 0 aromatic carbocycles. The highest BCUT2D eigenvalue weighted by molar-refractivity contribution is 5.93. The van der Waals surface area contributed by atoms with Crippen LogP contribution in [0.25, 0.3) is 22.4 Å². The van der Waals surface area contributed by atoms with Gasteiger partial charge in [0.1, 0.15) is 18.5 Å². The molecule has 1 saturated heterocycles. The number of piperidine rings is 1. The molecule has 1 saturated carbocycles. The topological polar surface area (TPSA) is 159 Å². The van der Waals surface area contributed by atoms with Crippen molar-refractivity contribution in [2.24, 2.45) is 18.9 Å². The lowest BCUT2D eigenvalue weighted by Gasteiger charge is -2.19. The molecule has 3 atom stereocenters. The van der Waals surface area contributed by atoms with E-state index in [4.69, 9.17) is 4.74 Å². The van der Waals surface area contributed by atoms with E-state index in [0.29, 0.717) is 17.2 Å². The maximum Gasteiger partial charge on any atom is 0.332 e. The van der Waals surface area contributed by atoms with Crippen LogP contribution in [0.4, 0.5) is 20.5 Å². The average Bonchev–Trinajstić information content (AvgIpc) is 3.41. The number of methoxy groups -OCH3 is 1. The van der Waals surface area contributed by atoms with Gasteiger partial charge in [-0.25, -0.2) is 33.5 Å². The smallest absolute Gasteiger partial charge is 0.332 e. The SMILES string of the molecule is COCC(=O)Cn1c(=O)c2c(ncn2C(C)C(=O)Nc2cccc(-c3cnc(N4CC5C(C4)C5(F)F)nc3)n2)n(C)c1=O. The van der Waals surface area contributed by atoms with Crippen LogP contribution in [-0.4, -0.2) is 78.1 Å². The zero-order valence-electron chi connectivity index (χ0n) is 23.4. The predicted octanol–water partition coefficient (Wildman–Crippen LogP) is 0.865. The van der Waals surface area contributed by atoms with Crippen molar-refractivity contribution in [3.05, 3.63) is 57.8 Å². The van der Waals surface area contributed by atoms with Gasteiger partial charge in [-0.1, -0.05) is 6.07 Å². The molecular weight excluding hydrogens is 568 g/mol. The summed E-state index contributed by atoms with van der Waals surface area (Å²) in [6.07, 6.45) is 4.38. The van der Waals surface area contributed by atoms with E-state index >= 15 is 0 Å². The third-order valence-electron chi connectivity index (χ3n) is 7.91. The Morgan fingerprint density at radius 1 is 1.14 bits per heavy atom. The number of carbonyl (C=O) groups excluding carboxylic acids is 2. The minimum atomic E-state index is -2.59. The molecule has 16 heteroatoms. The molecule has 224 valence electrons. The Kier molecular flexibility index (Phi) is 6.87. The highest BCUT2D eigenvalue weighted by Gasteiger charge is 2.72. The molecule has 2 aliphatic rings. The van der Waals surface area contributed by atoms with Crippen LogP contribution in [0.15, 0.2) is 46.5 Å². The van der Waals surface area contributed by atoms with Gasteiger partial charge >= 0.3 is 5.69 Å². The van der Waals surface area contributed by atoms with Crippen LogP contribution in [0.5, 0.6) is 0 Å². The van der Waals surface area contributed by atoms with E-state index in [1.54, 1.807) is 42.4 Å². The van der Waals surface area contributed by atoms with Crippen LogP contribution in [0.1, 0.15) is 13.0 Å². The zero-order chi connectivity index (χ0) is 30.6. The lowest BCUT2D eigenvalue weighted by molar-refractivity contribution is -0.123. The molecule has 1 aliphatic heterocycles. The van der Waals surface area contributed by atoms with Crippen molar-refractivity contribution in [1.29, 1.82) is 0 Å². The number of hydrogen-bond acceptors (Lipinski definition) is 10. The number of alkyl halides is 2. The summed E-state index contributed by atoms with van der Waals surface area (Å²) in [6.45, 7) is 1.23. The normalized spacial score (nSPS) is 19.3. The van der Waals surface area contributed by atoms with Gasteiger partial charge in [0.2, 0.25) is 11.9 Å². The molecular formula is C27H27F2N9O5. The lowest BCUT2D eigenvalue weighted by atomic mass is 10.2. The maximum absolute atomic E-state index is 13.5. The number of ketones is 1. The van der Waals surface area contributed by atoms with Crippen LogP contribution in [0, 0.1) is 11.8 Å². The van der Waals surface area contributed by atoms with Crippen molar-refractivity contribution in [1.82, 2.24) is 33.6 Å². The van der Waals surface area contributed by atoms with Crippen molar-refractivity contribution < 1.29 is 23.1 Å². The Labute approximate surface area is 242 Å². The van der Waals surface area contributed by atoms with E-state index in [1.165, 1.54) is 25.1 Å². The van der Waals surface area contributed by atoms with Gasteiger partial charge in [0, 0.05) is 45.2 Å². The van der Waals surface area contributed by atoms with Gasteiger partial charge in [-0.2, -0.15) is 0 Å². The molecule has 1 N–H and O–H groups in total. The van der Waals surface area contributed by atoms with Crippen LogP contribution in [0.3, 0.4) is 0 Å². The number of anilines is 2. The highest BCUT2D eigenvalue weighted by atomic mass is 19.3. The number of halogens is 2. The number of Topliss-reactive ketones (excluding diaryl/α,β-unsaturated/α-hetero) is 1. The maximum atomic E-state index is 13.5. The molecule has 0 radical (unpaired) electrons. The number of hydrogen-bond donors (Lipinski definition) is 1. The second-order valence-electron chi connectivity index (χ2n) is 10.7. The molecule has 6 rings (SSSR count). The van der Waals surface area contributed by atoms with Gasteiger partial charge in [-0.05, 0) is 19.1 Å². The molecule has 0 bridgehead atoms. The molecule has 4 aromatic heterocycles. The first kappa shape index (κ1) is 28.3. The minimum Gasteiger partial charge on any atom is -0.377 e. The second-order valence-corrected chi connectivity index (χ2v) is 10.7. The third-order valence-corrected chi connectivity index (χ3v) is 7.91. The number of aromatic nitrogens is 7. The van der Waals surface area contributed by atoms with Gasteiger partial charge in [-0.15, -0.1) is 0 Å². The first-order valence-corrected chi connectivity index (χ1v) is 13.4. The number of aryl methyl sites for hydroxylation is 1. The quantitative estimate of drug-likeness (QED) is 0.294. The molecule has 5 heterocycles. The summed E-state index contributed by atoms with van der Waals surface area (Å²) in [7, 11) is 2.75. The number of carbonyl (C=O) groups is 2. The van der Waals surface area contributed by atoms with Gasteiger partial charge in [-0.3, -0.25) is 23.5 Å². The molecule has 2 fully saturated rings. The van der Waals surface area contributed by atoms with E-state index < -0.39 is 53.3 Å². The highest BCUT2D eigenvalue weighted by Crippen LogP contribution is 2.59. The van der Waals surface area contributed by atoms with Gasteiger partial charge in [0.25, 0.3) is 11.5 Å². The van der Waals surface area contributed by atoms with Crippen molar-refractivity contribution in [3.8, 4) is 11.3 Å².